The van der Waals surface area contributed by atoms with Gasteiger partial charge in [0.15, 0.2) is 0 Å². The normalized spacial score (nSPS) is 20.7. The van der Waals surface area contributed by atoms with Crippen molar-refractivity contribution in [2.75, 3.05) is 11.0 Å². The Bertz CT molecular complexity index is 806. The van der Waals surface area contributed by atoms with Gasteiger partial charge in [-0.1, -0.05) is 17.7 Å². The molecule has 1 aliphatic rings. The lowest BCUT2D eigenvalue weighted by atomic mass is 10.1. The highest BCUT2D eigenvalue weighted by atomic mass is 35.5. The molecule has 3 rings (SSSR count). The van der Waals surface area contributed by atoms with Crippen LogP contribution in [-0.4, -0.2) is 25.7 Å². The third-order valence-electron chi connectivity index (χ3n) is 3.55. The molecule has 0 unspecified atom stereocenters. The first-order valence-corrected chi connectivity index (χ1v) is 9.09. The first kappa shape index (κ1) is 15.3. The molecule has 0 aliphatic heterocycles. The van der Waals surface area contributed by atoms with Crippen molar-refractivity contribution in [2.24, 2.45) is 5.73 Å². The average molecular weight is 338 g/mol. The van der Waals surface area contributed by atoms with Crippen LogP contribution in [0.4, 0.5) is 5.69 Å². The van der Waals surface area contributed by atoms with Crippen LogP contribution in [0.3, 0.4) is 0 Å². The zero-order valence-corrected chi connectivity index (χ0v) is 13.5. The molecule has 3 N–H and O–H groups in total. The highest BCUT2D eigenvalue weighted by Crippen LogP contribution is 2.39. The number of benzene rings is 1. The summed E-state index contributed by atoms with van der Waals surface area (Å²) >= 11 is 6.06. The second-order valence-electron chi connectivity index (χ2n) is 5.59. The molecule has 1 heterocycles. The number of hydrogen-bond acceptors (Lipinski definition) is 4. The summed E-state index contributed by atoms with van der Waals surface area (Å²) in [6.45, 7) is 0. The zero-order valence-electron chi connectivity index (χ0n) is 12.0. The Morgan fingerprint density at radius 3 is 2.59 bits per heavy atom. The third-order valence-corrected chi connectivity index (χ3v) is 4.38. The van der Waals surface area contributed by atoms with E-state index in [0.717, 1.165) is 29.5 Å². The van der Waals surface area contributed by atoms with Gasteiger partial charge in [-0.2, -0.15) is 0 Å². The van der Waals surface area contributed by atoms with E-state index < -0.39 is 10.0 Å². The van der Waals surface area contributed by atoms with Crippen LogP contribution in [0.5, 0.6) is 0 Å². The molecule has 1 saturated carbocycles. The molecule has 0 saturated heterocycles. The summed E-state index contributed by atoms with van der Waals surface area (Å²) in [6, 6.07) is 9.16. The second kappa shape index (κ2) is 5.53. The lowest BCUT2D eigenvalue weighted by Gasteiger charge is -2.08. The topological polar surface area (TPSA) is 85.1 Å². The van der Waals surface area contributed by atoms with Crippen molar-refractivity contribution in [1.82, 2.24) is 4.98 Å². The molecular weight excluding hydrogens is 322 g/mol. The molecule has 1 fully saturated rings. The van der Waals surface area contributed by atoms with Gasteiger partial charge in [-0.15, -0.1) is 0 Å². The van der Waals surface area contributed by atoms with E-state index in [-0.39, 0.29) is 6.04 Å². The number of rotatable bonds is 4. The highest BCUT2D eigenvalue weighted by molar-refractivity contribution is 7.92. The number of halogens is 1. The van der Waals surface area contributed by atoms with Gasteiger partial charge in [-0.3, -0.25) is 9.71 Å². The predicted octanol–water partition coefficient (Wildman–Crippen LogP) is 2.59. The van der Waals surface area contributed by atoms with Gasteiger partial charge in [-0.05, 0) is 36.2 Å². The fraction of sp³-hybridized carbons (Fsp3) is 0.267. The average Bonchev–Trinajstić information content (AvgIpc) is 3.13. The van der Waals surface area contributed by atoms with Gasteiger partial charge in [0.05, 0.1) is 17.6 Å². The number of nitrogens with zero attached hydrogens (tertiary/aromatic N) is 1. The SMILES string of the molecule is CS(=O)(=O)Nc1cc(Cl)cc(-c2ccc([C@@H]3C[C@H]3N)cn2)c1. The number of hydrogen-bond donors (Lipinski definition) is 2. The minimum absolute atomic E-state index is 0.240. The van der Waals surface area contributed by atoms with Crippen LogP contribution >= 0.6 is 11.6 Å². The van der Waals surface area contributed by atoms with E-state index in [4.69, 9.17) is 17.3 Å². The van der Waals surface area contributed by atoms with E-state index in [1.54, 1.807) is 18.2 Å². The van der Waals surface area contributed by atoms with Gasteiger partial charge >= 0.3 is 0 Å². The summed E-state index contributed by atoms with van der Waals surface area (Å²) in [5.41, 5.74) is 8.87. The molecule has 2 atom stereocenters. The van der Waals surface area contributed by atoms with Gasteiger partial charge < -0.3 is 5.73 Å². The van der Waals surface area contributed by atoms with Crippen LogP contribution in [0.15, 0.2) is 36.5 Å². The summed E-state index contributed by atoms with van der Waals surface area (Å²) in [5.74, 6) is 0.406. The largest absolute Gasteiger partial charge is 0.327 e. The molecule has 1 aromatic heterocycles. The Kier molecular flexibility index (Phi) is 3.84. The van der Waals surface area contributed by atoms with E-state index in [1.807, 2.05) is 18.3 Å². The maximum absolute atomic E-state index is 11.3. The van der Waals surface area contributed by atoms with E-state index in [0.29, 0.717) is 16.6 Å². The van der Waals surface area contributed by atoms with Crippen molar-refractivity contribution in [2.45, 2.75) is 18.4 Å². The second-order valence-corrected chi connectivity index (χ2v) is 7.77. The summed E-state index contributed by atoms with van der Waals surface area (Å²) in [4.78, 5) is 4.43. The van der Waals surface area contributed by atoms with Crippen molar-refractivity contribution in [3.63, 3.8) is 0 Å². The Morgan fingerprint density at radius 2 is 2.05 bits per heavy atom. The number of nitrogens with one attached hydrogen (secondary N) is 1. The van der Waals surface area contributed by atoms with E-state index in [2.05, 4.69) is 9.71 Å². The van der Waals surface area contributed by atoms with Crippen LogP contribution < -0.4 is 10.5 Å². The molecule has 22 heavy (non-hydrogen) atoms. The number of sulfonamides is 1. The van der Waals surface area contributed by atoms with Gasteiger partial charge in [0.25, 0.3) is 0 Å². The zero-order chi connectivity index (χ0) is 15.9. The Labute approximate surface area is 134 Å². The van der Waals surface area contributed by atoms with E-state index >= 15 is 0 Å². The number of pyridine rings is 1. The minimum atomic E-state index is -3.35. The molecule has 1 aliphatic carbocycles. The molecular formula is C15H16ClN3O2S. The molecule has 116 valence electrons. The van der Waals surface area contributed by atoms with Crippen molar-refractivity contribution in [1.29, 1.82) is 0 Å². The fourth-order valence-corrected chi connectivity index (χ4v) is 3.18. The summed E-state index contributed by atoms with van der Waals surface area (Å²) < 4.78 is 25.1. The molecule has 7 heteroatoms. The van der Waals surface area contributed by atoms with E-state index in [9.17, 15) is 8.42 Å². The Hall–Kier alpha value is -1.63. The van der Waals surface area contributed by atoms with Crippen LogP contribution in [0, 0.1) is 0 Å². The highest BCUT2D eigenvalue weighted by Gasteiger charge is 2.34. The number of aromatic nitrogens is 1. The van der Waals surface area contributed by atoms with Crippen molar-refractivity contribution in [3.8, 4) is 11.3 Å². The molecule has 5 nitrogen and oxygen atoms in total. The van der Waals surface area contributed by atoms with Crippen molar-refractivity contribution < 1.29 is 8.42 Å². The molecule has 1 aromatic carbocycles. The standard InChI is InChI=1S/C15H16ClN3O2S/c1-22(20,21)19-12-5-10(4-11(16)6-12)15-3-2-9(8-18-15)13-7-14(13)17/h2-6,8,13-14,19H,7,17H2,1H3/t13-,14+/m0/s1. The Balaban J connectivity index is 1.90. The third kappa shape index (κ3) is 3.58. The monoisotopic (exact) mass is 337 g/mol. The molecule has 0 bridgehead atoms. The maximum Gasteiger partial charge on any atom is 0.229 e. The van der Waals surface area contributed by atoms with E-state index in [1.165, 1.54) is 0 Å². The van der Waals surface area contributed by atoms with Gasteiger partial charge in [-0.25, -0.2) is 8.42 Å². The van der Waals surface area contributed by atoms with Crippen LogP contribution in [0.2, 0.25) is 5.02 Å². The van der Waals surface area contributed by atoms with Crippen LogP contribution in [0.25, 0.3) is 11.3 Å². The van der Waals surface area contributed by atoms with Gasteiger partial charge in [0.2, 0.25) is 10.0 Å². The number of nitrogens with two attached hydrogens (primary N) is 1. The lowest BCUT2D eigenvalue weighted by molar-refractivity contribution is 0.607. The van der Waals surface area contributed by atoms with Crippen LogP contribution in [-0.2, 0) is 10.0 Å². The summed E-state index contributed by atoms with van der Waals surface area (Å²) in [7, 11) is -3.35. The first-order valence-electron chi connectivity index (χ1n) is 6.82. The minimum Gasteiger partial charge on any atom is -0.327 e. The van der Waals surface area contributed by atoms with Gasteiger partial charge in [0.1, 0.15) is 0 Å². The summed E-state index contributed by atoms with van der Waals surface area (Å²) in [5, 5.41) is 0.443. The lowest BCUT2D eigenvalue weighted by Crippen LogP contribution is -2.09. The molecule has 2 aromatic rings. The quantitative estimate of drug-likeness (QED) is 0.898. The Morgan fingerprint density at radius 1 is 1.32 bits per heavy atom. The van der Waals surface area contributed by atoms with Gasteiger partial charge in [0, 0.05) is 28.7 Å². The predicted molar refractivity (Wildman–Crippen MR) is 88.5 cm³/mol. The number of anilines is 1. The maximum atomic E-state index is 11.3. The summed E-state index contributed by atoms with van der Waals surface area (Å²) in [6.07, 6.45) is 3.91. The smallest absolute Gasteiger partial charge is 0.229 e. The molecule has 0 spiro atoms. The van der Waals surface area contributed by atoms with Crippen molar-refractivity contribution in [3.05, 3.63) is 47.1 Å². The molecule has 0 amide bonds. The van der Waals surface area contributed by atoms with Crippen LogP contribution in [0.1, 0.15) is 17.9 Å². The fourth-order valence-electron chi connectivity index (χ4n) is 2.40. The molecule has 0 radical (unpaired) electrons. The first-order chi connectivity index (χ1) is 10.3. The van der Waals surface area contributed by atoms with Crippen molar-refractivity contribution >= 4 is 27.3 Å².